The first kappa shape index (κ1) is 11.0. The van der Waals surface area contributed by atoms with Crippen molar-refractivity contribution in [1.82, 2.24) is 0 Å². The molecule has 1 aromatic carbocycles. The predicted octanol–water partition coefficient (Wildman–Crippen LogP) is 3.32. The second-order valence-electron chi connectivity index (χ2n) is 3.30. The molecule has 0 bridgehead atoms. The van der Waals surface area contributed by atoms with Gasteiger partial charge in [0, 0.05) is 12.7 Å². The third-order valence-corrected chi connectivity index (χ3v) is 2.66. The van der Waals surface area contributed by atoms with E-state index in [1.807, 2.05) is 30.3 Å². The van der Waals surface area contributed by atoms with Crippen LogP contribution in [0.25, 0.3) is 0 Å². The molecule has 0 aliphatic heterocycles. The molecule has 1 amide bonds. The van der Waals surface area contributed by atoms with Crippen molar-refractivity contribution < 1.29 is 9.21 Å². The number of halogens is 1. The van der Waals surface area contributed by atoms with Crippen LogP contribution in [0.3, 0.4) is 0 Å². The van der Waals surface area contributed by atoms with E-state index >= 15 is 0 Å². The van der Waals surface area contributed by atoms with Crippen molar-refractivity contribution in [3.05, 3.63) is 52.9 Å². The number of furan rings is 1. The van der Waals surface area contributed by atoms with Crippen LogP contribution in [0.4, 0.5) is 5.69 Å². The van der Waals surface area contributed by atoms with Gasteiger partial charge in [-0.1, -0.05) is 18.2 Å². The zero-order valence-corrected chi connectivity index (χ0v) is 10.3. The number of benzene rings is 1. The lowest BCUT2D eigenvalue weighted by molar-refractivity contribution is 0.0965. The summed E-state index contributed by atoms with van der Waals surface area (Å²) < 4.78 is 5.77. The number of carbonyl (C=O) groups excluding carboxylic acids is 1. The quantitative estimate of drug-likeness (QED) is 0.845. The molecule has 82 valence electrons. The van der Waals surface area contributed by atoms with Gasteiger partial charge in [0.25, 0.3) is 5.91 Å². The van der Waals surface area contributed by atoms with Gasteiger partial charge in [-0.2, -0.15) is 0 Å². The van der Waals surface area contributed by atoms with E-state index in [2.05, 4.69) is 15.9 Å². The van der Waals surface area contributed by atoms with E-state index in [0.717, 1.165) is 5.69 Å². The van der Waals surface area contributed by atoms with Crippen LogP contribution in [0.1, 0.15) is 10.6 Å². The van der Waals surface area contributed by atoms with Gasteiger partial charge in [0.1, 0.15) is 0 Å². The largest absolute Gasteiger partial charge is 0.444 e. The summed E-state index contributed by atoms with van der Waals surface area (Å²) in [4.78, 5) is 13.5. The molecule has 0 aliphatic carbocycles. The highest BCUT2D eigenvalue weighted by Crippen LogP contribution is 2.18. The Morgan fingerprint density at radius 1 is 1.19 bits per heavy atom. The Morgan fingerprint density at radius 3 is 2.44 bits per heavy atom. The molecule has 0 radical (unpaired) electrons. The summed E-state index contributed by atoms with van der Waals surface area (Å²) in [6, 6.07) is 12.8. The molecule has 0 saturated carbocycles. The Bertz CT molecular complexity index is 493. The van der Waals surface area contributed by atoms with E-state index in [-0.39, 0.29) is 5.91 Å². The average Bonchev–Trinajstić information content (AvgIpc) is 2.75. The highest BCUT2D eigenvalue weighted by molar-refractivity contribution is 9.10. The minimum absolute atomic E-state index is 0.170. The average molecular weight is 280 g/mol. The van der Waals surface area contributed by atoms with Gasteiger partial charge in [-0.3, -0.25) is 4.79 Å². The van der Waals surface area contributed by atoms with Crippen LogP contribution in [0.15, 0.2) is 51.6 Å². The normalized spacial score (nSPS) is 10.1. The molecule has 0 atom stereocenters. The molecule has 2 aromatic rings. The fourth-order valence-electron chi connectivity index (χ4n) is 1.36. The van der Waals surface area contributed by atoms with Crippen molar-refractivity contribution in [3.8, 4) is 0 Å². The zero-order valence-electron chi connectivity index (χ0n) is 8.68. The van der Waals surface area contributed by atoms with Crippen LogP contribution < -0.4 is 4.90 Å². The fourth-order valence-corrected chi connectivity index (χ4v) is 1.67. The van der Waals surface area contributed by atoms with Crippen molar-refractivity contribution in [1.29, 1.82) is 0 Å². The Balaban J connectivity index is 2.23. The molecule has 1 aromatic heterocycles. The Hall–Kier alpha value is -1.55. The monoisotopic (exact) mass is 279 g/mol. The number of carbonyl (C=O) groups is 1. The SMILES string of the molecule is CN(C(=O)c1ccc(Br)o1)c1ccccc1. The molecule has 0 aliphatic rings. The van der Waals surface area contributed by atoms with Crippen molar-refractivity contribution in [2.45, 2.75) is 0 Å². The Labute approximate surface area is 102 Å². The number of hydrogen-bond donors (Lipinski definition) is 0. The minimum atomic E-state index is -0.170. The van der Waals surface area contributed by atoms with Crippen LogP contribution in [-0.4, -0.2) is 13.0 Å². The van der Waals surface area contributed by atoms with Gasteiger partial charge in [-0.15, -0.1) is 0 Å². The van der Waals surface area contributed by atoms with Crippen LogP contribution in [-0.2, 0) is 0 Å². The molecular formula is C12H10BrNO2. The van der Waals surface area contributed by atoms with E-state index in [9.17, 15) is 4.79 Å². The molecule has 3 nitrogen and oxygen atoms in total. The van der Waals surface area contributed by atoms with Crippen LogP contribution in [0, 0.1) is 0 Å². The van der Waals surface area contributed by atoms with Crippen LogP contribution >= 0.6 is 15.9 Å². The van der Waals surface area contributed by atoms with Crippen molar-refractivity contribution in [3.63, 3.8) is 0 Å². The smallest absolute Gasteiger partial charge is 0.293 e. The van der Waals surface area contributed by atoms with Gasteiger partial charge >= 0.3 is 0 Å². The van der Waals surface area contributed by atoms with E-state index < -0.39 is 0 Å². The molecule has 0 spiro atoms. The third kappa shape index (κ3) is 2.17. The second-order valence-corrected chi connectivity index (χ2v) is 4.09. The van der Waals surface area contributed by atoms with Crippen LogP contribution in [0.5, 0.6) is 0 Å². The Kier molecular flexibility index (Phi) is 3.10. The standard InChI is InChI=1S/C12H10BrNO2/c1-14(9-5-3-2-4-6-9)12(15)10-7-8-11(13)16-10/h2-8H,1H3. The number of amides is 1. The van der Waals surface area contributed by atoms with Gasteiger partial charge in [0.2, 0.25) is 0 Å². The van der Waals surface area contributed by atoms with Crippen LogP contribution in [0.2, 0.25) is 0 Å². The highest BCUT2D eigenvalue weighted by atomic mass is 79.9. The maximum absolute atomic E-state index is 12.0. The first-order chi connectivity index (χ1) is 7.68. The summed E-state index contributed by atoms with van der Waals surface area (Å²) in [5.41, 5.74) is 0.833. The maximum atomic E-state index is 12.0. The maximum Gasteiger partial charge on any atom is 0.293 e. The lowest BCUT2D eigenvalue weighted by atomic mass is 10.3. The molecule has 0 unspecified atom stereocenters. The molecule has 2 rings (SSSR count). The number of nitrogens with zero attached hydrogens (tertiary/aromatic N) is 1. The van der Waals surface area contributed by atoms with E-state index in [4.69, 9.17) is 4.42 Å². The summed E-state index contributed by atoms with van der Waals surface area (Å²) in [6.45, 7) is 0. The van der Waals surface area contributed by atoms with Crippen molar-refractivity contribution in [2.24, 2.45) is 0 Å². The number of anilines is 1. The van der Waals surface area contributed by atoms with E-state index in [0.29, 0.717) is 10.4 Å². The first-order valence-corrected chi connectivity index (χ1v) is 5.56. The molecule has 4 heteroatoms. The van der Waals surface area contributed by atoms with Crippen molar-refractivity contribution >= 4 is 27.5 Å². The minimum Gasteiger partial charge on any atom is -0.444 e. The lowest BCUT2D eigenvalue weighted by Gasteiger charge is -2.15. The molecular weight excluding hydrogens is 270 g/mol. The van der Waals surface area contributed by atoms with E-state index in [1.165, 1.54) is 0 Å². The van der Waals surface area contributed by atoms with Gasteiger partial charge in [0.15, 0.2) is 10.4 Å². The molecule has 0 saturated heterocycles. The molecule has 1 heterocycles. The van der Waals surface area contributed by atoms with Gasteiger partial charge in [-0.25, -0.2) is 0 Å². The zero-order chi connectivity index (χ0) is 11.5. The Morgan fingerprint density at radius 2 is 1.88 bits per heavy atom. The van der Waals surface area contributed by atoms with Gasteiger partial charge < -0.3 is 9.32 Å². The highest BCUT2D eigenvalue weighted by Gasteiger charge is 2.16. The third-order valence-electron chi connectivity index (χ3n) is 2.23. The fraction of sp³-hybridized carbons (Fsp3) is 0.0833. The summed E-state index contributed by atoms with van der Waals surface area (Å²) in [5, 5.41) is 0. The molecule has 0 N–H and O–H groups in total. The van der Waals surface area contributed by atoms with Gasteiger partial charge in [-0.05, 0) is 40.2 Å². The number of rotatable bonds is 2. The number of hydrogen-bond acceptors (Lipinski definition) is 2. The predicted molar refractivity (Wildman–Crippen MR) is 65.6 cm³/mol. The summed E-state index contributed by atoms with van der Waals surface area (Å²) in [6.07, 6.45) is 0. The summed E-state index contributed by atoms with van der Waals surface area (Å²) >= 11 is 3.17. The van der Waals surface area contributed by atoms with E-state index in [1.54, 1.807) is 24.1 Å². The van der Waals surface area contributed by atoms with Gasteiger partial charge in [0.05, 0.1) is 0 Å². The summed E-state index contributed by atoms with van der Waals surface area (Å²) in [5.74, 6) is 0.148. The molecule has 16 heavy (non-hydrogen) atoms. The summed E-state index contributed by atoms with van der Waals surface area (Å²) in [7, 11) is 1.72. The topological polar surface area (TPSA) is 33.5 Å². The molecule has 0 fully saturated rings. The second kappa shape index (κ2) is 4.53. The van der Waals surface area contributed by atoms with Crippen molar-refractivity contribution in [2.75, 3.05) is 11.9 Å². The number of para-hydroxylation sites is 1. The lowest BCUT2D eigenvalue weighted by Crippen LogP contribution is -2.25. The first-order valence-electron chi connectivity index (χ1n) is 4.77.